The lowest BCUT2D eigenvalue weighted by Crippen LogP contribution is -2.58. The first-order valence-corrected chi connectivity index (χ1v) is 14.1. The molecular formula is C33H37FN6O4. The SMILES string of the molecule is C.C=CC(=O)N1C[C@H](C)N(c2nc(=O)n(-c3c(C)ccnc3C(C)C)c3nc(-c4ccccc4C(=O)O)c(F)cc23)C[C@H]1C. The topological polar surface area (TPSA) is 122 Å². The van der Waals surface area contributed by atoms with Gasteiger partial charge in [0.05, 0.1) is 22.3 Å². The van der Waals surface area contributed by atoms with Crippen molar-refractivity contribution in [1.82, 2.24) is 24.4 Å². The molecule has 1 aliphatic rings. The van der Waals surface area contributed by atoms with Gasteiger partial charge in [0.25, 0.3) is 0 Å². The minimum atomic E-state index is -1.23. The van der Waals surface area contributed by atoms with Gasteiger partial charge in [-0.15, -0.1) is 0 Å². The number of amides is 1. The average molecular weight is 601 g/mol. The molecule has 230 valence electrons. The number of pyridine rings is 2. The lowest BCUT2D eigenvalue weighted by molar-refractivity contribution is -0.128. The molecule has 0 radical (unpaired) electrons. The summed E-state index contributed by atoms with van der Waals surface area (Å²) in [5.41, 5.74) is 1.11. The van der Waals surface area contributed by atoms with Crippen molar-refractivity contribution in [3.63, 3.8) is 0 Å². The van der Waals surface area contributed by atoms with E-state index >= 15 is 4.39 Å². The van der Waals surface area contributed by atoms with Crippen LogP contribution in [0.15, 0.2) is 60.0 Å². The molecule has 4 heterocycles. The van der Waals surface area contributed by atoms with Crippen molar-refractivity contribution in [2.45, 2.75) is 60.0 Å². The average Bonchev–Trinajstić information content (AvgIpc) is 2.97. The maximum absolute atomic E-state index is 16.0. The molecule has 5 rings (SSSR count). The summed E-state index contributed by atoms with van der Waals surface area (Å²) >= 11 is 0. The highest BCUT2D eigenvalue weighted by molar-refractivity contribution is 5.97. The summed E-state index contributed by atoms with van der Waals surface area (Å²) in [6.45, 7) is 13.8. The van der Waals surface area contributed by atoms with Gasteiger partial charge in [0.2, 0.25) is 5.91 Å². The summed E-state index contributed by atoms with van der Waals surface area (Å²) < 4.78 is 17.4. The third-order valence-electron chi connectivity index (χ3n) is 7.85. The number of hydrogen-bond acceptors (Lipinski definition) is 7. The van der Waals surface area contributed by atoms with Gasteiger partial charge in [0.1, 0.15) is 17.3 Å². The molecule has 2 atom stereocenters. The molecule has 1 aromatic carbocycles. The molecule has 4 aromatic rings. The van der Waals surface area contributed by atoms with Gasteiger partial charge < -0.3 is 14.9 Å². The molecule has 1 saturated heterocycles. The summed E-state index contributed by atoms with van der Waals surface area (Å²) in [5.74, 6) is -2.03. The fraction of sp³-hybridized carbons (Fsp3) is 0.333. The van der Waals surface area contributed by atoms with Crippen LogP contribution in [-0.4, -0.2) is 66.6 Å². The highest BCUT2D eigenvalue weighted by atomic mass is 19.1. The van der Waals surface area contributed by atoms with E-state index in [4.69, 9.17) is 0 Å². The number of aromatic nitrogens is 4. The Balaban J connectivity index is 0.00000442. The van der Waals surface area contributed by atoms with Crippen LogP contribution in [0.1, 0.15) is 62.7 Å². The molecule has 1 fully saturated rings. The van der Waals surface area contributed by atoms with Crippen LogP contribution in [-0.2, 0) is 4.79 Å². The molecular weight excluding hydrogens is 563 g/mol. The Morgan fingerprint density at radius 2 is 1.82 bits per heavy atom. The zero-order chi connectivity index (χ0) is 31.2. The van der Waals surface area contributed by atoms with Crippen molar-refractivity contribution in [3.05, 3.63) is 88.4 Å². The second-order valence-electron chi connectivity index (χ2n) is 11.2. The predicted octanol–water partition coefficient (Wildman–Crippen LogP) is 5.36. The van der Waals surface area contributed by atoms with Crippen molar-refractivity contribution in [2.24, 2.45) is 0 Å². The molecule has 10 nitrogen and oxygen atoms in total. The van der Waals surface area contributed by atoms with Gasteiger partial charge in [0.15, 0.2) is 5.65 Å². The number of piperazine rings is 1. The van der Waals surface area contributed by atoms with Gasteiger partial charge >= 0.3 is 11.7 Å². The maximum Gasteiger partial charge on any atom is 0.355 e. The normalized spacial score (nSPS) is 16.6. The van der Waals surface area contributed by atoms with Crippen molar-refractivity contribution in [1.29, 1.82) is 0 Å². The Kier molecular flexibility index (Phi) is 8.98. The van der Waals surface area contributed by atoms with Crippen LogP contribution in [0.25, 0.3) is 28.0 Å². The predicted molar refractivity (Wildman–Crippen MR) is 169 cm³/mol. The number of nitrogens with zero attached hydrogens (tertiary/aromatic N) is 6. The summed E-state index contributed by atoms with van der Waals surface area (Å²) in [5, 5.41) is 10.1. The van der Waals surface area contributed by atoms with E-state index in [1.54, 1.807) is 29.3 Å². The first-order chi connectivity index (χ1) is 20.4. The van der Waals surface area contributed by atoms with Crippen LogP contribution in [0.4, 0.5) is 10.2 Å². The summed E-state index contributed by atoms with van der Waals surface area (Å²) in [6.07, 6.45) is 2.93. The molecule has 44 heavy (non-hydrogen) atoms. The van der Waals surface area contributed by atoms with E-state index in [9.17, 15) is 19.5 Å². The van der Waals surface area contributed by atoms with Gasteiger partial charge in [-0.1, -0.05) is 46.1 Å². The summed E-state index contributed by atoms with van der Waals surface area (Å²) in [6, 6.07) is 8.54. The summed E-state index contributed by atoms with van der Waals surface area (Å²) in [7, 11) is 0. The highest BCUT2D eigenvalue weighted by Crippen LogP contribution is 2.34. The Labute approximate surface area is 255 Å². The quantitative estimate of drug-likeness (QED) is 0.294. The number of aryl methyl sites for hydroxylation is 1. The number of halogens is 1. The van der Waals surface area contributed by atoms with Gasteiger partial charge in [-0.05, 0) is 56.5 Å². The first-order valence-electron chi connectivity index (χ1n) is 14.1. The second-order valence-corrected chi connectivity index (χ2v) is 11.2. The third kappa shape index (κ3) is 5.45. The number of aromatic carboxylic acids is 1. The molecule has 1 N–H and O–H groups in total. The number of anilines is 1. The molecule has 1 amide bonds. The van der Waals surface area contributed by atoms with Crippen LogP contribution in [0.5, 0.6) is 0 Å². The van der Waals surface area contributed by atoms with Gasteiger partial charge in [-0.25, -0.2) is 23.5 Å². The molecule has 0 bridgehead atoms. The molecule has 0 spiro atoms. The number of carbonyl (C=O) groups excluding carboxylic acids is 1. The van der Waals surface area contributed by atoms with E-state index in [0.29, 0.717) is 24.5 Å². The van der Waals surface area contributed by atoms with Crippen LogP contribution in [0, 0.1) is 12.7 Å². The number of rotatable bonds is 6. The number of carboxylic acid groups (broad SMARTS) is 1. The van der Waals surface area contributed by atoms with Gasteiger partial charge in [-0.2, -0.15) is 4.98 Å². The van der Waals surface area contributed by atoms with Crippen LogP contribution >= 0.6 is 0 Å². The molecule has 0 saturated carbocycles. The van der Waals surface area contributed by atoms with Gasteiger partial charge in [-0.3, -0.25) is 9.78 Å². The van der Waals surface area contributed by atoms with E-state index < -0.39 is 17.5 Å². The second kappa shape index (κ2) is 12.4. The van der Waals surface area contributed by atoms with E-state index in [1.807, 2.05) is 39.5 Å². The molecule has 0 unspecified atom stereocenters. The number of fused-ring (bicyclic) bond motifs is 1. The minimum absolute atomic E-state index is 0. The lowest BCUT2D eigenvalue weighted by Gasteiger charge is -2.44. The van der Waals surface area contributed by atoms with E-state index in [2.05, 4.69) is 21.5 Å². The Morgan fingerprint density at radius 1 is 1.11 bits per heavy atom. The monoisotopic (exact) mass is 600 g/mol. The third-order valence-corrected chi connectivity index (χ3v) is 7.85. The number of carboxylic acids is 1. The van der Waals surface area contributed by atoms with Crippen LogP contribution in [0.3, 0.4) is 0 Å². The van der Waals surface area contributed by atoms with Crippen molar-refractivity contribution in [2.75, 3.05) is 18.0 Å². The van der Waals surface area contributed by atoms with E-state index in [1.165, 1.54) is 28.8 Å². The van der Waals surface area contributed by atoms with Crippen molar-refractivity contribution < 1.29 is 19.1 Å². The van der Waals surface area contributed by atoms with Crippen LogP contribution < -0.4 is 10.6 Å². The maximum atomic E-state index is 16.0. The molecule has 1 aliphatic heterocycles. The van der Waals surface area contributed by atoms with Crippen molar-refractivity contribution >= 4 is 28.7 Å². The largest absolute Gasteiger partial charge is 0.478 e. The lowest BCUT2D eigenvalue weighted by atomic mass is 10.0. The minimum Gasteiger partial charge on any atom is -0.478 e. The molecule has 11 heteroatoms. The standard InChI is InChI=1S/C32H33FN6O4.CH4/c1-7-25(40)37-15-20(6)38(16-19(37)5)29-23-14-24(33)27(21-10-8-9-11-22(21)31(41)42)35-30(23)39(32(43)36-29)28-18(4)12-13-34-26(28)17(2)3;/h7-14,17,19-20H,1,15-16H2,2-6H3,(H,41,42);1H4/t19-,20+;/m1./s1. The fourth-order valence-corrected chi connectivity index (χ4v) is 5.72. The zero-order valence-electron chi connectivity index (χ0n) is 24.7. The van der Waals surface area contributed by atoms with Crippen LogP contribution in [0.2, 0.25) is 0 Å². The zero-order valence-corrected chi connectivity index (χ0v) is 24.7. The highest BCUT2D eigenvalue weighted by Gasteiger charge is 2.34. The fourth-order valence-electron chi connectivity index (χ4n) is 5.72. The molecule has 3 aromatic heterocycles. The van der Waals surface area contributed by atoms with E-state index in [-0.39, 0.29) is 65.0 Å². The Morgan fingerprint density at radius 3 is 2.48 bits per heavy atom. The first kappa shape index (κ1) is 32.0. The van der Waals surface area contributed by atoms with E-state index in [0.717, 1.165) is 5.56 Å². The smallest absolute Gasteiger partial charge is 0.355 e. The van der Waals surface area contributed by atoms with Gasteiger partial charge in [0, 0.05) is 36.9 Å². The summed E-state index contributed by atoms with van der Waals surface area (Å²) in [4.78, 5) is 55.8. The number of carbonyl (C=O) groups is 2. The number of hydrogen-bond donors (Lipinski definition) is 1. The Hall–Kier alpha value is -4.93. The Bertz CT molecular complexity index is 1840. The molecule has 0 aliphatic carbocycles. The van der Waals surface area contributed by atoms with Crippen molar-refractivity contribution in [3.8, 4) is 16.9 Å². The number of benzene rings is 1.